The van der Waals surface area contributed by atoms with Crippen LogP contribution < -0.4 is 5.32 Å². The van der Waals surface area contributed by atoms with Crippen LogP contribution in [0, 0.1) is 0 Å². The molecule has 140 valence electrons. The standard InChI is InChI=1S/C20H22N4O2S/c25-20(21-13-16-8-11-27-14-16)24-9-6-17(7-10-24)19-22-18(23-26-19)12-15-4-2-1-3-5-15/h1-5,8,11,14,17H,6-7,9-10,12-13H2,(H,21,25). The molecule has 0 radical (unpaired) electrons. The minimum atomic E-state index is -0.00468. The molecular formula is C20H22N4O2S. The van der Waals surface area contributed by atoms with Gasteiger partial charge in [-0.1, -0.05) is 35.5 Å². The van der Waals surface area contributed by atoms with Crippen molar-refractivity contribution in [1.29, 1.82) is 0 Å². The van der Waals surface area contributed by atoms with Crippen molar-refractivity contribution in [2.75, 3.05) is 13.1 Å². The zero-order chi connectivity index (χ0) is 18.5. The van der Waals surface area contributed by atoms with E-state index in [9.17, 15) is 4.79 Å². The van der Waals surface area contributed by atoms with Crippen molar-refractivity contribution in [3.8, 4) is 0 Å². The lowest BCUT2D eigenvalue weighted by atomic mass is 9.97. The average molecular weight is 382 g/mol. The minimum absolute atomic E-state index is 0.00468. The van der Waals surface area contributed by atoms with Gasteiger partial charge in [0.1, 0.15) is 0 Å². The van der Waals surface area contributed by atoms with E-state index in [1.54, 1.807) is 11.3 Å². The SMILES string of the molecule is O=C(NCc1ccsc1)N1CCC(c2nc(Cc3ccccc3)no2)CC1. The molecule has 0 saturated carbocycles. The first-order chi connectivity index (χ1) is 13.3. The van der Waals surface area contributed by atoms with Crippen molar-refractivity contribution >= 4 is 17.4 Å². The Morgan fingerprint density at radius 1 is 1.19 bits per heavy atom. The number of hydrogen-bond acceptors (Lipinski definition) is 5. The predicted molar refractivity (Wildman–Crippen MR) is 104 cm³/mol. The smallest absolute Gasteiger partial charge is 0.317 e. The number of nitrogens with one attached hydrogen (secondary N) is 1. The second-order valence-corrected chi connectivity index (χ2v) is 7.54. The number of aromatic nitrogens is 2. The molecule has 1 fully saturated rings. The van der Waals surface area contributed by atoms with Gasteiger partial charge in [-0.25, -0.2) is 4.79 Å². The Morgan fingerprint density at radius 3 is 2.74 bits per heavy atom. The molecular weight excluding hydrogens is 360 g/mol. The van der Waals surface area contributed by atoms with E-state index in [-0.39, 0.29) is 11.9 Å². The number of rotatable bonds is 5. The average Bonchev–Trinajstić information content (AvgIpc) is 3.39. The second kappa shape index (κ2) is 8.35. The van der Waals surface area contributed by atoms with Gasteiger partial charge in [-0.15, -0.1) is 0 Å². The molecule has 0 bridgehead atoms. The van der Waals surface area contributed by atoms with Crippen molar-refractivity contribution in [3.05, 3.63) is 70.0 Å². The molecule has 0 atom stereocenters. The van der Waals surface area contributed by atoms with E-state index < -0.39 is 0 Å². The van der Waals surface area contributed by atoms with Gasteiger partial charge >= 0.3 is 6.03 Å². The Labute approximate surface area is 162 Å². The van der Waals surface area contributed by atoms with Crippen LogP contribution in [0.15, 0.2) is 51.7 Å². The molecule has 1 aliphatic rings. The maximum absolute atomic E-state index is 12.3. The molecule has 27 heavy (non-hydrogen) atoms. The minimum Gasteiger partial charge on any atom is -0.339 e. The summed E-state index contributed by atoms with van der Waals surface area (Å²) >= 11 is 1.64. The second-order valence-electron chi connectivity index (χ2n) is 6.76. The number of hydrogen-bond donors (Lipinski definition) is 1. The molecule has 0 aliphatic carbocycles. The summed E-state index contributed by atoms with van der Waals surface area (Å²) in [7, 11) is 0. The molecule has 1 aliphatic heterocycles. The molecule has 0 spiro atoms. The molecule has 4 rings (SSSR count). The summed E-state index contributed by atoms with van der Waals surface area (Å²) < 4.78 is 5.49. The number of amides is 2. The van der Waals surface area contributed by atoms with Gasteiger partial charge in [-0.05, 0) is 40.8 Å². The van der Waals surface area contributed by atoms with E-state index >= 15 is 0 Å². The molecule has 2 aromatic heterocycles. The number of nitrogens with zero attached hydrogens (tertiary/aromatic N) is 3. The summed E-state index contributed by atoms with van der Waals surface area (Å²) in [6, 6.07) is 12.2. The van der Waals surface area contributed by atoms with Crippen LogP contribution in [-0.2, 0) is 13.0 Å². The molecule has 0 unspecified atom stereocenters. The lowest BCUT2D eigenvalue weighted by molar-refractivity contribution is 0.175. The monoisotopic (exact) mass is 382 g/mol. The van der Waals surface area contributed by atoms with Gasteiger partial charge in [-0.3, -0.25) is 0 Å². The van der Waals surface area contributed by atoms with Gasteiger partial charge in [0.15, 0.2) is 5.82 Å². The highest BCUT2D eigenvalue weighted by Crippen LogP contribution is 2.27. The molecule has 6 nitrogen and oxygen atoms in total. The highest BCUT2D eigenvalue weighted by molar-refractivity contribution is 7.07. The largest absolute Gasteiger partial charge is 0.339 e. The van der Waals surface area contributed by atoms with Gasteiger partial charge in [0.05, 0.1) is 0 Å². The number of benzene rings is 1. The molecule has 1 N–H and O–H groups in total. The number of carbonyl (C=O) groups is 1. The van der Waals surface area contributed by atoms with E-state index in [4.69, 9.17) is 4.52 Å². The van der Waals surface area contributed by atoms with E-state index in [1.165, 1.54) is 5.56 Å². The van der Waals surface area contributed by atoms with Crippen LogP contribution in [0.2, 0.25) is 0 Å². The summed E-state index contributed by atoms with van der Waals surface area (Å²) in [6.07, 6.45) is 2.37. The van der Waals surface area contributed by atoms with Crippen molar-refractivity contribution in [2.24, 2.45) is 0 Å². The molecule has 7 heteroatoms. The number of thiophene rings is 1. The third-order valence-corrected chi connectivity index (χ3v) is 5.58. The Bertz CT molecular complexity index is 855. The summed E-state index contributed by atoms with van der Waals surface area (Å²) in [6.45, 7) is 1.99. The third-order valence-electron chi connectivity index (χ3n) is 4.84. The fraction of sp³-hybridized carbons (Fsp3) is 0.350. The summed E-state index contributed by atoms with van der Waals surface area (Å²) in [5.41, 5.74) is 2.31. The van der Waals surface area contributed by atoms with E-state index in [1.807, 2.05) is 34.5 Å². The highest BCUT2D eigenvalue weighted by atomic mass is 32.1. The van der Waals surface area contributed by atoms with Crippen molar-refractivity contribution in [2.45, 2.75) is 31.7 Å². The maximum atomic E-state index is 12.3. The molecule has 3 heterocycles. The molecule has 1 saturated heterocycles. The Kier molecular flexibility index (Phi) is 5.48. The number of likely N-dealkylation sites (tertiary alicyclic amines) is 1. The van der Waals surface area contributed by atoms with Crippen LogP contribution >= 0.6 is 11.3 Å². The van der Waals surface area contributed by atoms with Crippen LogP contribution in [-0.4, -0.2) is 34.2 Å². The van der Waals surface area contributed by atoms with Crippen molar-refractivity contribution < 1.29 is 9.32 Å². The lowest BCUT2D eigenvalue weighted by Gasteiger charge is -2.30. The van der Waals surface area contributed by atoms with E-state index in [0.29, 0.717) is 37.8 Å². The van der Waals surface area contributed by atoms with E-state index in [0.717, 1.165) is 18.4 Å². The molecule has 3 aromatic rings. The maximum Gasteiger partial charge on any atom is 0.317 e. The fourth-order valence-corrected chi connectivity index (χ4v) is 3.96. The van der Waals surface area contributed by atoms with Crippen molar-refractivity contribution in [1.82, 2.24) is 20.4 Å². The van der Waals surface area contributed by atoms with Crippen LogP contribution in [0.3, 0.4) is 0 Å². The van der Waals surface area contributed by atoms with Gasteiger partial charge in [0, 0.05) is 32.0 Å². The first kappa shape index (κ1) is 17.7. The van der Waals surface area contributed by atoms with E-state index in [2.05, 4.69) is 33.0 Å². The molecule has 2 amide bonds. The van der Waals surface area contributed by atoms with Gasteiger partial charge in [0.2, 0.25) is 5.89 Å². The topological polar surface area (TPSA) is 71.3 Å². The third kappa shape index (κ3) is 4.54. The quantitative estimate of drug-likeness (QED) is 0.728. The number of piperidine rings is 1. The van der Waals surface area contributed by atoms with Gasteiger partial charge in [0.25, 0.3) is 0 Å². The fourth-order valence-electron chi connectivity index (χ4n) is 3.30. The molecule has 1 aromatic carbocycles. The summed E-state index contributed by atoms with van der Waals surface area (Å²) in [5.74, 6) is 1.63. The summed E-state index contributed by atoms with van der Waals surface area (Å²) in [4.78, 5) is 18.7. The first-order valence-electron chi connectivity index (χ1n) is 9.18. The van der Waals surface area contributed by atoms with Crippen molar-refractivity contribution in [3.63, 3.8) is 0 Å². The van der Waals surface area contributed by atoms with Crippen LogP contribution in [0.4, 0.5) is 4.79 Å². The Hall–Kier alpha value is -2.67. The lowest BCUT2D eigenvalue weighted by Crippen LogP contribution is -2.43. The Balaban J connectivity index is 1.27. The van der Waals surface area contributed by atoms with Crippen LogP contribution in [0.1, 0.15) is 41.6 Å². The number of carbonyl (C=O) groups excluding carboxylic acids is 1. The normalized spacial score (nSPS) is 15.0. The van der Waals surface area contributed by atoms with Crippen LogP contribution in [0.25, 0.3) is 0 Å². The predicted octanol–water partition coefficient (Wildman–Crippen LogP) is 3.81. The zero-order valence-corrected chi connectivity index (χ0v) is 15.8. The van der Waals surface area contributed by atoms with Crippen LogP contribution in [0.5, 0.6) is 0 Å². The highest BCUT2D eigenvalue weighted by Gasteiger charge is 2.27. The number of urea groups is 1. The zero-order valence-electron chi connectivity index (χ0n) is 15.0. The van der Waals surface area contributed by atoms with Gasteiger partial charge in [-0.2, -0.15) is 16.3 Å². The Morgan fingerprint density at radius 2 is 2.00 bits per heavy atom. The summed E-state index contributed by atoms with van der Waals surface area (Å²) in [5, 5.41) is 11.2. The first-order valence-corrected chi connectivity index (χ1v) is 10.1. The van der Waals surface area contributed by atoms with Gasteiger partial charge < -0.3 is 14.7 Å².